The van der Waals surface area contributed by atoms with Gasteiger partial charge in [0.1, 0.15) is 0 Å². The first-order chi connectivity index (χ1) is 23.3. The van der Waals surface area contributed by atoms with Gasteiger partial charge in [-0.15, -0.1) is 11.3 Å². The van der Waals surface area contributed by atoms with Crippen LogP contribution in [0.3, 0.4) is 0 Å². The molecule has 10 aromatic rings. The Kier molecular flexibility index (Phi) is 5.85. The third-order valence-corrected chi connectivity index (χ3v) is 11.1. The molecule has 0 amide bonds. The standard InChI is InChI=1S/C46H28S/c1-2-12-30-27-33(24-23-29(30)11-1)45-39-18-5-3-16-37(39)44(38-17-4-6-19-40(38)45)32-14-9-13-31(28-32)34-20-10-21-41-35(34)25-26-42-36-15-7-8-22-43(36)47-46(41)42/h1-28H. The summed E-state index contributed by atoms with van der Waals surface area (Å²) in [4.78, 5) is 0. The Morgan fingerprint density at radius 1 is 0.298 bits per heavy atom. The van der Waals surface area contributed by atoms with Crippen LogP contribution in [0.5, 0.6) is 0 Å². The van der Waals surface area contributed by atoms with E-state index < -0.39 is 0 Å². The molecular weight excluding hydrogens is 585 g/mol. The van der Waals surface area contributed by atoms with Crippen LogP contribution in [-0.2, 0) is 0 Å². The number of thiophene rings is 1. The fraction of sp³-hybridized carbons (Fsp3) is 0. The molecule has 0 saturated heterocycles. The summed E-state index contributed by atoms with van der Waals surface area (Å²) in [5.41, 5.74) is 7.57. The second kappa shape index (κ2) is 10.4. The quantitative estimate of drug-likeness (QED) is 0.174. The highest BCUT2D eigenvalue weighted by molar-refractivity contribution is 7.26. The van der Waals surface area contributed by atoms with Gasteiger partial charge in [-0.3, -0.25) is 0 Å². The fourth-order valence-electron chi connectivity index (χ4n) is 7.73. The number of hydrogen-bond acceptors (Lipinski definition) is 1. The van der Waals surface area contributed by atoms with Crippen molar-refractivity contribution in [3.05, 3.63) is 170 Å². The van der Waals surface area contributed by atoms with Gasteiger partial charge < -0.3 is 0 Å². The van der Waals surface area contributed by atoms with Crippen molar-refractivity contribution in [1.29, 1.82) is 0 Å². The SMILES string of the molecule is c1cc(-c2c3ccccc3c(-c3ccc4ccccc4c3)c3ccccc23)cc(-c2cccc3c2ccc2c4ccccc4sc32)c1. The predicted octanol–water partition coefficient (Wildman–Crippen LogP) is 13.7. The van der Waals surface area contributed by atoms with Crippen LogP contribution in [0.4, 0.5) is 0 Å². The summed E-state index contributed by atoms with van der Waals surface area (Å²) in [5, 5.41) is 12.9. The van der Waals surface area contributed by atoms with Gasteiger partial charge in [-0.25, -0.2) is 0 Å². The second-order valence-electron chi connectivity index (χ2n) is 12.4. The largest absolute Gasteiger partial charge is 0.135 e. The van der Waals surface area contributed by atoms with Crippen LogP contribution in [-0.4, -0.2) is 0 Å². The van der Waals surface area contributed by atoms with Gasteiger partial charge in [0.05, 0.1) is 0 Å². The normalized spacial score (nSPS) is 11.8. The minimum atomic E-state index is 1.24. The van der Waals surface area contributed by atoms with Gasteiger partial charge in [-0.1, -0.05) is 152 Å². The summed E-state index contributed by atoms with van der Waals surface area (Å²) >= 11 is 1.90. The zero-order valence-corrected chi connectivity index (χ0v) is 26.4. The topological polar surface area (TPSA) is 0 Å². The van der Waals surface area contributed by atoms with Crippen molar-refractivity contribution in [2.75, 3.05) is 0 Å². The Morgan fingerprint density at radius 2 is 0.830 bits per heavy atom. The molecule has 1 aromatic heterocycles. The van der Waals surface area contributed by atoms with Crippen molar-refractivity contribution >= 4 is 74.6 Å². The van der Waals surface area contributed by atoms with Gasteiger partial charge in [-0.05, 0) is 89.3 Å². The first kappa shape index (κ1) is 26.5. The van der Waals surface area contributed by atoms with E-state index >= 15 is 0 Å². The summed E-state index contributed by atoms with van der Waals surface area (Å²) in [7, 11) is 0. The first-order valence-electron chi connectivity index (χ1n) is 16.2. The number of rotatable bonds is 3. The van der Waals surface area contributed by atoms with E-state index in [4.69, 9.17) is 0 Å². The molecular formula is C46H28S. The lowest BCUT2D eigenvalue weighted by Crippen LogP contribution is -1.91. The van der Waals surface area contributed by atoms with Crippen LogP contribution in [0.1, 0.15) is 0 Å². The van der Waals surface area contributed by atoms with E-state index in [1.807, 2.05) is 11.3 Å². The minimum absolute atomic E-state index is 1.24. The Bertz CT molecular complexity index is 2800. The molecule has 0 unspecified atom stereocenters. The summed E-state index contributed by atoms with van der Waals surface area (Å²) in [5.74, 6) is 0. The minimum Gasteiger partial charge on any atom is -0.135 e. The van der Waals surface area contributed by atoms with Crippen molar-refractivity contribution in [3.8, 4) is 33.4 Å². The molecule has 0 spiro atoms. The highest BCUT2D eigenvalue weighted by atomic mass is 32.1. The number of hydrogen-bond donors (Lipinski definition) is 0. The van der Waals surface area contributed by atoms with Gasteiger partial charge >= 0.3 is 0 Å². The molecule has 0 atom stereocenters. The van der Waals surface area contributed by atoms with E-state index in [2.05, 4.69) is 170 Å². The smallest absolute Gasteiger partial charge is 0.0434 e. The fourth-order valence-corrected chi connectivity index (χ4v) is 8.96. The molecule has 10 rings (SSSR count). The highest BCUT2D eigenvalue weighted by Crippen LogP contribution is 2.46. The van der Waals surface area contributed by atoms with Crippen LogP contribution in [0.25, 0.3) is 96.6 Å². The Labute approximate surface area is 276 Å². The lowest BCUT2D eigenvalue weighted by Gasteiger charge is -2.18. The maximum Gasteiger partial charge on any atom is 0.0434 e. The summed E-state index contributed by atoms with van der Waals surface area (Å²) in [6.07, 6.45) is 0. The maximum absolute atomic E-state index is 2.40. The van der Waals surface area contributed by atoms with Gasteiger partial charge in [0.15, 0.2) is 0 Å². The molecule has 0 bridgehead atoms. The molecule has 47 heavy (non-hydrogen) atoms. The third-order valence-electron chi connectivity index (χ3n) is 9.83. The van der Waals surface area contributed by atoms with Crippen LogP contribution in [0, 0.1) is 0 Å². The van der Waals surface area contributed by atoms with Crippen LogP contribution < -0.4 is 0 Å². The highest BCUT2D eigenvalue weighted by Gasteiger charge is 2.18. The van der Waals surface area contributed by atoms with Crippen LogP contribution in [0.2, 0.25) is 0 Å². The Balaban J connectivity index is 1.21. The molecule has 0 radical (unpaired) electrons. The molecule has 0 saturated carbocycles. The predicted molar refractivity (Wildman–Crippen MR) is 206 cm³/mol. The molecule has 1 heteroatoms. The molecule has 9 aromatic carbocycles. The van der Waals surface area contributed by atoms with E-state index in [9.17, 15) is 0 Å². The maximum atomic E-state index is 2.40. The van der Waals surface area contributed by atoms with Gasteiger partial charge in [0, 0.05) is 25.6 Å². The van der Waals surface area contributed by atoms with Gasteiger partial charge in [0.25, 0.3) is 0 Å². The zero-order valence-electron chi connectivity index (χ0n) is 25.6. The third kappa shape index (κ3) is 4.07. The van der Waals surface area contributed by atoms with Gasteiger partial charge in [-0.2, -0.15) is 0 Å². The van der Waals surface area contributed by atoms with E-state index in [-0.39, 0.29) is 0 Å². The van der Waals surface area contributed by atoms with Gasteiger partial charge in [0.2, 0.25) is 0 Å². The van der Waals surface area contributed by atoms with Crippen molar-refractivity contribution in [3.63, 3.8) is 0 Å². The lowest BCUT2D eigenvalue weighted by molar-refractivity contribution is 1.64. The van der Waals surface area contributed by atoms with Crippen molar-refractivity contribution in [2.24, 2.45) is 0 Å². The second-order valence-corrected chi connectivity index (χ2v) is 13.5. The summed E-state index contributed by atoms with van der Waals surface area (Å²) < 4.78 is 2.70. The molecule has 0 aliphatic rings. The number of benzene rings is 9. The molecule has 218 valence electrons. The molecule has 0 aliphatic carbocycles. The van der Waals surface area contributed by atoms with E-state index in [0.717, 1.165) is 0 Å². The Morgan fingerprint density at radius 3 is 1.57 bits per heavy atom. The molecule has 0 nitrogen and oxygen atoms in total. The average Bonchev–Trinajstić information content (AvgIpc) is 3.53. The van der Waals surface area contributed by atoms with E-state index in [1.165, 1.54) is 96.6 Å². The summed E-state index contributed by atoms with van der Waals surface area (Å²) in [6, 6.07) is 62.7. The van der Waals surface area contributed by atoms with Crippen molar-refractivity contribution in [2.45, 2.75) is 0 Å². The van der Waals surface area contributed by atoms with Crippen molar-refractivity contribution in [1.82, 2.24) is 0 Å². The summed E-state index contributed by atoms with van der Waals surface area (Å²) in [6.45, 7) is 0. The molecule has 0 N–H and O–H groups in total. The molecule has 0 fully saturated rings. The average molecular weight is 613 g/mol. The lowest BCUT2D eigenvalue weighted by atomic mass is 9.85. The van der Waals surface area contributed by atoms with Crippen molar-refractivity contribution < 1.29 is 0 Å². The molecule has 0 aliphatic heterocycles. The van der Waals surface area contributed by atoms with E-state index in [0.29, 0.717) is 0 Å². The Hall–Kier alpha value is -5.76. The molecule has 1 heterocycles. The van der Waals surface area contributed by atoms with Crippen LogP contribution >= 0.6 is 11.3 Å². The van der Waals surface area contributed by atoms with Crippen LogP contribution in [0.15, 0.2) is 170 Å². The zero-order chi connectivity index (χ0) is 30.9. The first-order valence-corrected chi connectivity index (χ1v) is 17.0. The number of fused-ring (bicyclic) bond motifs is 8. The monoisotopic (exact) mass is 612 g/mol. The van der Waals surface area contributed by atoms with E-state index in [1.54, 1.807) is 0 Å².